The number of anilines is 1. The predicted octanol–water partition coefficient (Wildman–Crippen LogP) is 1.20. The van der Waals surface area contributed by atoms with Crippen LogP contribution in [0, 0.1) is 0 Å². The summed E-state index contributed by atoms with van der Waals surface area (Å²) < 4.78 is 5.06. The Morgan fingerprint density at radius 3 is 2.67 bits per heavy atom. The van der Waals surface area contributed by atoms with Crippen molar-refractivity contribution in [3.63, 3.8) is 0 Å². The van der Waals surface area contributed by atoms with Gasteiger partial charge < -0.3 is 9.64 Å². The maximum atomic E-state index is 12.4. The van der Waals surface area contributed by atoms with Gasteiger partial charge in [0.2, 0.25) is 5.95 Å². The van der Waals surface area contributed by atoms with Gasteiger partial charge in [0.05, 0.1) is 6.61 Å². The van der Waals surface area contributed by atoms with Crippen molar-refractivity contribution in [2.45, 2.75) is 32.7 Å². The molecule has 1 aromatic rings. The van der Waals surface area contributed by atoms with E-state index in [-0.39, 0.29) is 29.8 Å². The molecule has 0 spiro atoms. The highest BCUT2D eigenvalue weighted by Crippen LogP contribution is 2.27. The second-order valence-corrected chi connectivity index (χ2v) is 6.41. The van der Waals surface area contributed by atoms with Crippen LogP contribution < -0.4 is 4.90 Å². The second kappa shape index (κ2) is 7.29. The highest BCUT2D eigenvalue weighted by Gasteiger charge is 2.43. The molecule has 144 valence electrons. The lowest BCUT2D eigenvalue weighted by atomic mass is 10.3. The largest absolute Gasteiger partial charge is 0.462 e. The number of aromatic nitrogens is 2. The molecular formula is C17H22N6O4. The summed E-state index contributed by atoms with van der Waals surface area (Å²) in [7, 11) is 3.32. The maximum Gasteiger partial charge on any atom is 0.343 e. The van der Waals surface area contributed by atoms with Gasteiger partial charge in [0.25, 0.3) is 5.91 Å². The quantitative estimate of drug-likeness (QED) is 0.575. The first-order valence-electron chi connectivity index (χ1n) is 8.78. The van der Waals surface area contributed by atoms with E-state index in [2.05, 4.69) is 15.0 Å². The van der Waals surface area contributed by atoms with E-state index in [4.69, 9.17) is 4.74 Å². The van der Waals surface area contributed by atoms with E-state index >= 15 is 0 Å². The number of urea groups is 1. The van der Waals surface area contributed by atoms with Crippen LogP contribution in [0.2, 0.25) is 0 Å². The topological polar surface area (TPSA) is 108 Å². The number of hydrogen-bond donors (Lipinski definition) is 0. The third-order valence-corrected chi connectivity index (χ3v) is 4.60. The van der Waals surface area contributed by atoms with E-state index in [1.54, 1.807) is 13.8 Å². The number of rotatable bonds is 4. The van der Waals surface area contributed by atoms with Crippen molar-refractivity contribution >= 4 is 35.5 Å². The summed E-state index contributed by atoms with van der Waals surface area (Å²) in [6.07, 6.45) is 3.01. The zero-order valence-electron chi connectivity index (χ0n) is 15.8. The summed E-state index contributed by atoms with van der Waals surface area (Å²) in [6.45, 7) is 4.38. The molecule has 0 N–H and O–H groups in total. The third kappa shape index (κ3) is 3.34. The number of likely N-dealkylation sites (N-methyl/N-ethyl adjacent to an activating group) is 1. The number of aliphatic imine (C=N–C) groups is 1. The maximum absolute atomic E-state index is 12.4. The summed E-state index contributed by atoms with van der Waals surface area (Å²) in [5.74, 6) is 0.0149. The van der Waals surface area contributed by atoms with Crippen molar-refractivity contribution in [2.24, 2.45) is 4.99 Å². The highest BCUT2D eigenvalue weighted by atomic mass is 16.5. The number of amides is 3. The Morgan fingerprint density at radius 1 is 1.37 bits per heavy atom. The number of carbonyl (C=O) groups is 3. The van der Waals surface area contributed by atoms with E-state index in [1.807, 2.05) is 11.9 Å². The fraction of sp³-hybridized carbons (Fsp3) is 0.529. The van der Waals surface area contributed by atoms with E-state index in [1.165, 1.54) is 18.1 Å². The molecule has 2 aliphatic heterocycles. The number of esters is 1. The third-order valence-electron chi connectivity index (χ3n) is 4.60. The number of ether oxygens (including phenoxy) is 1. The fourth-order valence-electron chi connectivity index (χ4n) is 3.05. The van der Waals surface area contributed by atoms with Gasteiger partial charge in [0.15, 0.2) is 5.82 Å². The average Bonchev–Trinajstić information content (AvgIpc) is 3.12. The molecule has 0 radical (unpaired) electrons. The Kier molecular flexibility index (Phi) is 5.06. The Balaban J connectivity index is 2.05. The molecule has 2 aliphatic rings. The lowest BCUT2D eigenvalue weighted by Crippen LogP contribution is -2.34. The van der Waals surface area contributed by atoms with Gasteiger partial charge in [0, 0.05) is 33.3 Å². The van der Waals surface area contributed by atoms with Crippen molar-refractivity contribution in [3.8, 4) is 0 Å². The minimum absolute atomic E-state index is 0.0262. The molecule has 0 aromatic carbocycles. The minimum Gasteiger partial charge on any atom is -0.462 e. The van der Waals surface area contributed by atoms with Crippen LogP contribution in [0.4, 0.5) is 16.6 Å². The molecule has 3 rings (SSSR count). The first kappa shape index (κ1) is 18.7. The Bertz CT molecular complexity index is 824. The number of carbonyl (C=O) groups excluding carboxylic acids is 3. The van der Waals surface area contributed by atoms with Crippen LogP contribution >= 0.6 is 0 Å². The standard InChI is InChI=1S/C17H22N6O4/c1-5-27-15(25)11-9-18-16(23-10(2)14(24)22(4)17(23)26)20-13(11)19-12-7-6-8-21(12)3/h9-10H,5-8H2,1-4H3. The van der Waals surface area contributed by atoms with Crippen molar-refractivity contribution in [1.82, 2.24) is 19.8 Å². The van der Waals surface area contributed by atoms with Gasteiger partial charge in [0.1, 0.15) is 17.4 Å². The Hall–Kier alpha value is -3.04. The van der Waals surface area contributed by atoms with Gasteiger partial charge in [-0.25, -0.2) is 24.5 Å². The van der Waals surface area contributed by atoms with Gasteiger partial charge in [-0.3, -0.25) is 9.69 Å². The van der Waals surface area contributed by atoms with E-state index in [0.29, 0.717) is 0 Å². The second-order valence-electron chi connectivity index (χ2n) is 6.41. The van der Waals surface area contributed by atoms with Gasteiger partial charge >= 0.3 is 12.0 Å². The summed E-state index contributed by atoms with van der Waals surface area (Å²) in [4.78, 5) is 53.9. The van der Waals surface area contributed by atoms with Crippen LogP contribution in [0.5, 0.6) is 0 Å². The van der Waals surface area contributed by atoms with E-state index in [0.717, 1.165) is 30.1 Å². The molecule has 0 bridgehead atoms. The van der Waals surface area contributed by atoms with Crippen LogP contribution in [0.15, 0.2) is 11.2 Å². The molecule has 0 aliphatic carbocycles. The Labute approximate surface area is 156 Å². The molecule has 0 saturated carbocycles. The van der Waals surface area contributed by atoms with Gasteiger partial charge in [-0.15, -0.1) is 0 Å². The van der Waals surface area contributed by atoms with Crippen molar-refractivity contribution in [3.05, 3.63) is 11.8 Å². The van der Waals surface area contributed by atoms with Gasteiger partial charge in [-0.1, -0.05) is 0 Å². The smallest absolute Gasteiger partial charge is 0.343 e. The zero-order valence-corrected chi connectivity index (χ0v) is 15.8. The molecule has 2 fully saturated rings. The SMILES string of the molecule is CCOC(=O)c1cnc(N2C(=O)N(C)C(=O)C2C)nc1N=C1CCCN1C. The molecule has 1 atom stereocenters. The van der Waals surface area contributed by atoms with Crippen LogP contribution in [0.1, 0.15) is 37.0 Å². The summed E-state index contributed by atoms with van der Waals surface area (Å²) in [5, 5.41) is 0. The molecule has 3 amide bonds. The van der Waals surface area contributed by atoms with Crippen LogP contribution in [0.3, 0.4) is 0 Å². The van der Waals surface area contributed by atoms with Gasteiger partial charge in [-0.05, 0) is 20.3 Å². The predicted molar refractivity (Wildman–Crippen MR) is 97.1 cm³/mol. The number of hydrogen-bond acceptors (Lipinski definition) is 7. The summed E-state index contributed by atoms with van der Waals surface area (Å²) >= 11 is 0. The minimum atomic E-state index is -0.731. The van der Waals surface area contributed by atoms with Crippen LogP contribution in [-0.2, 0) is 9.53 Å². The zero-order chi connectivity index (χ0) is 19.7. The lowest BCUT2D eigenvalue weighted by Gasteiger charge is -2.18. The first-order chi connectivity index (χ1) is 12.8. The molecular weight excluding hydrogens is 352 g/mol. The van der Waals surface area contributed by atoms with Crippen molar-refractivity contribution in [2.75, 3.05) is 32.1 Å². The molecule has 10 nitrogen and oxygen atoms in total. The molecule has 3 heterocycles. The fourth-order valence-corrected chi connectivity index (χ4v) is 3.05. The lowest BCUT2D eigenvalue weighted by molar-refractivity contribution is -0.125. The van der Waals surface area contributed by atoms with Gasteiger partial charge in [-0.2, -0.15) is 4.98 Å². The molecule has 10 heteroatoms. The monoisotopic (exact) mass is 374 g/mol. The van der Waals surface area contributed by atoms with Crippen LogP contribution in [-0.4, -0.2) is 76.8 Å². The molecule has 1 aromatic heterocycles. The Morgan fingerprint density at radius 2 is 2.11 bits per heavy atom. The van der Waals surface area contributed by atoms with Crippen molar-refractivity contribution < 1.29 is 19.1 Å². The molecule has 1 unspecified atom stereocenters. The molecule has 2 saturated heterocycles. The number of amidine groups is 1. The normalized spacial score (nSPS) is 21.6. The first-order valence-corrected chi connectivity index (χ1v) is 8.78. The van der Waals surface area contributed by atoms with E-state index < -0.39 is 18.0 Å². The summed E-state index contributed by atoms with van der Waals surface area (Å²) in [6, 6.07) is -1.25. The number of nitrogens with zero attached hydrogens (tertiary/aromatic N) is 6. The average molecular weight is 374 g/mol. The molecule has 27 heavy (non-hydrogen) atoms. The van der Waals surface area contributed by atoms with Crippen LogP contribution in [0.25, 0.3) is 0 Å². The highest BCUT2D eigenvalue weighted by molar-refractivity contribution is 6.13. The summed E-state index contributed by atoms with van der Waals surface area (Å²) in [5.41, 5.74) is 0.118. The number of imide groups is 1. The number of likely N-dealkylation sites (tertiary alicyclic amines) is 1. The van der Waals surface area contributed by atoms with E-state index in [9.17, 15) is 14.4 Å². The van der Waals surface area contributed by atoms with Crippen molar-refractivity contribution in [1.29, 1.82) is 0 Å².